The van der Waals surface area contributed by atoms with E-state index in [1.165, 1.54) is 6.92 Å². The molecule has 1 aromatic rings. The third-order valence-electron chi connectivity index (χ3n) is 3.33. The highest BCUT2D eigenvalue weighted by Gasteiger charge is 2.33. The first-order valence-electron chi connectivity index (χ1n) is 6.83. The minimum atomic E-state index is -4.54. The van der Waals surface area contributed by atoms with Crippen molar-refractivity contribution < 1.29 is 22.8 Å². The largest absolute Gasteiger partial charge is 0.433 e. The Labute approximate surface area is 135 Å². The van der Waals surface area contributed by atoms with Gasteiger partial charge in [0.15, 0.2) is 5.16 Å². The minimum Gasteiger partial charge on any atom is -0.339 e. The van der Waals surface area contributed by atoms with Gasteiger partial charge in [0.25, 0.3) is 0 Å². The van der Waals surface area contributed by atoms with E-state index < -0.39 is 11.9 Å². The van der Waals surface area contributed by atoms with Crippen molar-refractivity contribution in [3.05, 3.63) is 18.0 Å². The molecule has 2 rings (SSSR count). The van der Waals surface area contributed by atoms with Gasteiger partial charge in [-0.15, -0.1) is 0 Å². The molecule has 0 aliphatic carbocycles. The zero-order chi connectivity index (χ0) is 17.0. The van der Waals surface area contributed by atoms with Crippen LogP contribution in [0.15, 0.2) is 17.4 Å². The van der Waals surface area contributed by atoms with Gasteiger partial charge in [0.1, 0.15) is 5.69 Å². The summed E-state index contributed by atoms with van der Waals surface area (Å²) in [5.74, 6) is -0.287. The quantitative estimate of drug-likeness (QED) is 0.608. The smallest absolute Gasteiger partial charge is 0.339 e. The molecule has 0 aromatic carbocycles. The molecule has 0 N–H and O–H groups in total. The lowest BCUT2D eigenvalue weighted by Gasteiger charge is -2.34. The van der Waals surface area contributed by atoms with Gasteiger partial charge < -0.3 is 9.80 Å². The Balaban J connectivity index is 1.87. The number of thioether (sulfide) groups is 1. The lowest BCUT2D eigenvalue weighted by Crippen LogP contribution is -2.50. The van der Waals surface area contributed by atoms with Crippen LogP contribution < -0.4 is 0 Å². The van der Waals surface area contributed by atoms with Gasteiger partial charge in [-0.2, -0.15) is 13.2 Å². The van der Waals surface area contributed by atoms with E-state index in [0.717, 1.165) is 24.0 Å². The standard InChI is InChI=1S/C13H15F3N4O2S/c1-9(21)19-4-6-20(7-5-19)11(22)8-23-12-17-3-2-10(18-12)13(14,15)16/h2-3H,4-8H2,1H3. The summed E-state index contributed by atoms with van der Waals surface area (Å²) >= 11 is 0.866. The van der Waals surface area contributed by atoms with Crippen molar-refractivity contribution in [1.82, 2.24) is 19.8 Å². The second-order valence-corrected chi connectivity index (χ2v) is 5.84. The highest BCUT2D eigenvalue weighted by Crippen LogP contribution is 2.28. The maximum absolute atomic E-state index is 12.6. The van der Waals surface area contributed by atoms with E-state index >= 15 is 0 Å². The molecule has 0 atom stereocenters. The van der Waals surface area contributed by atoms with Crippen molar-refractivity contribution in [2.45, 2.75) is 18.3 Å². The number of hydrogen-bond acceptors (Lipinski definition) is 5. The number of hydrogen-bond donors (Lipinski definition) is 0. The fraction of sp³-hybridized carbons (Fsp3) is 0.538. The minimum absolute atomic E-state index is 0.0381. The number of nitrogens with zero attached hydrogens (tertiary/aromatic N) is 4. The molecular formula is C13H15F3N4O2S. The van der Waals surface area contributed by atoms with Gasteiger partial charge in [0.2, 0.25) is 11.8 Å². The molecule has 23 heavy (non-hydrogen) atoms. The Morgan fingerprint density at radius 3 is 2.39 bits per heavy atom. The topological polar surface area (TPSA) is 66.4 Å². The van der Waals surface area contributed by atoms with Crippen LogP contribution in [0, 0.1) is 0 Å². The molecule has 1 aliphatic heterocycles. The highest BCUT2D eigenvalue weighted by molar-refractivity contribution is 7.99. The summed E-state index contributed by atoms with van der Waals surface area (Å²) in [5, 5.41) is -0.0875. The summed E-state index contributed by atoms with van der Waals surface area (Å²) < 4.78 is 37.7. The number of alkyl halides is 3. The molecule has 126 valence electrons. The molecule has 1 aromatic heterocycles. The summed E-state index contributed by atoms with van der Waals surface area (Å²) in [4.78, 5) is 33.6. The Morgan fingerprint density at radius 2 is 1.83 bits per heavy atom. The first-order chi connectivity index (χ1) is 10.8. The predicted molar refractivity (Wildman–Crippen MR) is 76.6 cm³/mol. The Morgan fingerprint density at radius 1 is 1.22 bits per heavy atom. The van der Waals surface area contributed by atoms with E-state index in [1.807, 2.05) is 0 Å². The molecule has 0 spiro atoms. The van der Waals surface area contributed by atoms with Crippen LogP contribution in [0.4, 0.5) is 13.2 Å². The van der Waals surface area contributed by atoms with Gasteiger partial charge in [-0.1, -0.05) is 11.8 Å². The normalized spacial score (nSPS) is 15.7. The summed E-state index contributed by atoms with van der Waals surface area (Å²) in [7, 11) is 0. The van der Waals surface area contributed by atoms with E-state index in [1.54, 1.807) is 9.80 Å². The number of carbonyl (C=O) groups excluding carboxylic acids is 2. The molecule has 0 unspecified atom stereocenters. The maximum Gasteiger partial charge on any atom is 0.433 e. The van der Waals surface area contributed by atoms with Gasteiger partial charge in [-0.05, 0) is 6.07 Å². The number of aromatic nitrogens is 2. The Kier molecular flexibility index (Phi) is 5.45. The third-order valence-corrected chi connectivity index (χ3v) is 4.17. The number of amides is 2. The van der Waals surface area contributed by atoms with Crippen LogP contribution in [0.5, 0.6) is 0 Å². The number of piperazine rings is 1. The zero-order valence-electron chi connectivity index (χ0n) is 12.3. The van der Waals surface area contributed by atoms with Crippen molar-refractivity contribution in [1.29, 1.82) is 0 Å². The lowest BCUT2D eigenvalue weighted by atomic mass is 10.3. The van der Waals surface area contributed by atoms with Gasteiger partial charge in [-0.3, -0.25) is 9.59 Å². The van der Waals surface area contributed by atoms with Crippen molar-refractivity contribution in [3.63, 3.8) is 0 Å². The van der Waals surface area contributed by atoms with E-state index in [0.29, 0.717) is 26.2 Å². The molecule has 0 radical (unpaired) electrons. The molecule has 1 aliphatic rings. The van der Waals surface area contributed by atoms with Crippen LogP contribution in [0.2, 0.25) is 0 Å². The van der Waals surface area contributed by atoms with Crippen molar-refractivity contribution in [3.8, 4) is 0 Å². The van der Waals surface area contributed by atoms with E-state index in [9.17, 15) is 22.8 Å². The van der Waals surface area contributed by atoms with Crippen molar-refractivity contribution in [2.75, 3.05) is 31.9 Å². The predicted octanol–water partition coefficient (Wildman–Crippen LogP) is 1.28. The van der Waals surface area contributed by atoms with E-state index in [4.69, 9.17) is 0 Å². The van der Waals surface area contributed by atoms with E-state index in [-0.39, 0.29) is 22.7 Å². The summed E-state index contributed by atoms with van der Waals surface area (Å²) in [6.07, 6.45) is -3.51. The summed E-state index contributed by atoms with van der Waals surface area (Å²) in [5.41, 5.74) is -1.03. The van der Waals surface area contributed by atoms with Crippen LogP contribution in [-0.4, -0.2) is 63.5 Å². The summed E-state index contributed by atoms with van der Waals surface area (Å²) in [6, 6.07) is 0.785. The second-order valence-electron chi connectivity index (χ2n) is 4.90. The van der Waals surface area contributed by atoms with Crippen molar-refractivity contribution >= 4 is 23.6 Å². The fourth-order valence-electron chi connectivity index (χ4n) is 2.06. The number of carbonyl (C=O) groups is 2. The average Bonchev–Trinajstić information content (AvgIpc) is 2.52. The van der Waals surface area contributed by atoms with Gasteiger partial charge in [0, 0.05) is 39.3 Å². The Hall–Kier alpha value is -1.84. The fourth-order valence-corrected chi connectivity index (χ4v) is 2.79. The van der Waals surface area contributed by atoms with Gasteiger partial charge in [-0.25, -0.2) is 9.97 Å². The number of rotatable bonds is 3. The first kappa shape index (κ1) is 17.5. The maximum atomic E-state index is 12.6. The number of halogens is 3. The molecule has 0 bridgehead atoms. The van der Waals surface area contributed by atoms with Crippen molar-refractivity contribution in [2.24, 2.45) is 0 Å². The average molecular weight is 348 g/mol. The molecule has 2 heterocycles. The lowest BCUT2D eigenvalue weighted by molar-refractivity contribution is -0.141. The zero-order valence-corrected chi connectivity index (χ0v) is 13.2. The third kappa shape index (κ3) is 4.81. The molecule has 0 saturated carbocycles. The van der Waals surface area contributed by atoms with Crippen LogP contribution >= 0.6 is 11.8 Å². The molecule has 10 heteroatoms. The SMILES string of the molecule is CC(=O)N1CCN(C(=O)CSc2nccc(C(F)(F)F)n2)CC1. The highest BCUT2D eigenvalue weighted by atomic mass is 32.2. The summed E-state index contributed by atoms with van der Waals surface area (Å²) in [6.45, 7) is 3.24. The Bertz CT molecular complexity index is 589. The molecule has 6 nitrogen and oxygen atoms in total. The molecular weight excluding hydrogens is 333 g/mol. The van der Waals surface area contributed by atoms with Gasteiger partial charge in [0.05, 0.1) is 5.75 Å². The molecule has 1 saturated heterocycles. The van der Waals surface area contributed by atoms with Crippen LogP contribution in [0.3, 0.4) is 0 Å². The van der Waals surface area contributed by atoms with Crippen LogP contribution in [0.1, 0.15) is 12.6 Å². The van der Waals surface area contributed by atoms with E-state index in [2.05, 4.69) is 9.97 Å². The second kappa shape index (κ2) is 7.16. The monoisotopic (exact) mass is 348 g/mol. The first-order valence-corrected chi connectivity index (χ1v) is 7.82. The van der Waals surface area contributed by atoms with Gasteiger partial charge >= 0.3 is 6.18 Å². The van der Waals surface area contributed by atoms with Crippen LogP contribution in [-0.2, 0) is 15.8 Å². The molecule has 1 fully saturated rings. The molecule has 2 amide bonds. The van der Waals surface area contributed by atoms with Crippen LogP contribution in [0.25, 0.3) is 0 Å².